The van der Waals surface area contributed by atoms with Crippen molar-refractivity contribution >= 4 is 28.7 Å². The Labute approximate surface area is 96.4 Å². The molecule has 1 aliphatic heterocycles. The molecule has 72 valence electrons. The molecule has 0 spiro atoms. The lowest BCUT2D eigenvalue weighted by Gasteiger charge is -2.10. The van der Waals surface area contributed by atoms with Gasteiger partial charge in [-0.25, -0.2) is 0 Å². The standard InChI is InChI=1S/C11H9IO2/c12-5-4-9-2-1-3-10(8-9)11-13-6-7-14-11/h1-8,11H. The number of hydrogen-bond donors (Lipinski definition) is 0. The van der Waals surface area contributed by atoms with E-state index in [1.165, 1.54) is 0 Å². The molecule has 1 aromatic rings. The van der Waals surface area contributed by atoms with Crippen molar-refractivity contribution < 1.29 is 9.47 Å². The first-order valence-electron chi connectivity index (χ1n) is 4.23. The minimum Gasteiger partial charge on any atom is -0.455 e. The quantitative estimate of drug-likeness (QED) is 0.777. The van der Waals surface area contributed by atoms with Gasteiger partial charge in [-0.2, -0.15) is 0 Å². The lowest BCUT2D eigenvalue weighted by Crippen LogP contribution is -1.97. The van der Waals surface area contributed by atoms with Crippen LogP contribution in [0.5, 0.6) is 0 Å². The first kappa shape index (κ1) is 9.58. The third kappa shape index (κ3) is 2.09. The SMILES string of the molecule is IC=Cc1cccc(C2OC=CO2)c1. The van der Waals surface area contributed by atoms with E-state index >= 15 is 0 Å². The van der Waals surface area contributed by atoms with Crippen LogP contribution in [-0.2, 0) is 9.47 Å². The molecule has 1 aromatic carbocycles. The smallest absolute Gasteiger partial charge is 0.266 e. The fourth-order valence-corrected chi connectivity index (χ4v) is 1.69. The van der Waals surface area contributed by atoms with Crippen molar-refractivity contribution in [3.63, 3.8) is 0 Å². The first-order valence-corrected chi connectivity index (χ1v) is 5.47. The van der Waals surface area contributed by atoms with Crippen molar-refractivity contribution in [1.82, 2.24) is 0 Å². The van der Waals surface area contributed by atoms with Gasteiger partial charge in [-0.15, -0.1) is 0 Å². The molecular formula is C11H9IO2. The highest BCUT2D eigenvalue weighted by molar-refractivity contribution is 14.1. The third-order valence-corrected chi connectivity index (χ3v) is 2.26. The van der Waals surface area contributed by atoms with Crippen LogP contribution in [0.4, 0.5) is 0 Å². The van der Waals surface area contributed by atoms with E-state index in [4.69, 9.17) is 9.47 Å². The summed E-state index contributed by atoms with van der Waals surface area (Å²) in [6, 6.07) is 8.07. The molecule has 0 aromatic heterocycles. The number of hydrogen-bond acceptors (Lipinski definition) is 2. The minimum atomic E-state index is -0.280. The molecule has 1 aliphatic rings. The lowest BCUT2D eigenvalue weighted by molar-refractivity contribution is -0.0246. The highest BCUT2D eigenvalue weighted by atomic mass is 127. The number of rotatable bonds is 2. The van der Waals surface area contributed by atoms with Crippen molar-refractivity contribution in [1.29, 1.82) is 0 Å². The summed E-state index contributed by atoms with van der Waals surface area (Å²) in [6.45, 7) is 0. The summed E-state index contributed by atoms with van der Waals surface area (Å²) in [4.78, 5) is 0. The Hall–Kier alpha value is -0.970. The van der Waals surface area contributed by atoms with Crippen molar-refractivity contribution in [3.05, 3.63) is 52.0 Å². The maximum atomic E-state index is 5.24. The average molecular weight is 300 g/mol. The molecule has 0 radical (unpaired) electrons. The van der Waals surface area contributed by atoms with Crippen molar-refractivity contribution in [3.8, 4) is 0 Å². The van der Waals surface area contributed by atoms with E-state index < -0.39 is 0 Å². The van der Waals surface area contributed by atoms with Crippen LogP contribution in [0, 0.1) is 0 Å². The summed E-state index contributed by atoms with van der Waals surface area (Å²) >= 11 is 2.20. The molecule has 14 heavy (non-hydrogen) atoms. The van der Waals surface area contributed by atoms with E-state index in [0.29, 0.717) is 0 Å². The molecule has 2 rings (SSSR count). The van der Waals surface area contributed by atoms with E-state index in [-0.39, 0.29) is 6.29 Å². The molecule has 0 saturated carbocycles. The average Bonchev–Trinajstić information content (AvgIpc) is 2.71. The Morgan fingerprint density at radius 2 is 2.00 bits per heavy atom. The summed E-state index contributed by atoms with van der Waals surface area (Å²) in [5.74, 6) is 0. The predicted octanol–water partition coefficient (Wildman–Crippen LogP) is 3.61. The van der Waals surface area contributed by atoms with Gasteiger partial charge in [0, 0.05) is 5.56 Å². The fourth-order valence-electron chi connectivity index (χ4n) is 1.28. The van der Waals surface area contributed by atoms with Gasteiger partial charge in [0.15, 0.2) is 0 Å². The van der Waals surface area contributed by atoms with E-state index in [9.17, 15) is 0 Å². The summed E-state index contributed by atoms with van der Waals surface area (Å²) in [6.07, 6.45) is 4.88. The minimum absolute atomic E-state index is 0.280. The van der Waals surface area contributed by atoms with Gasteiger partial charge in [-0.05, 0) is 21.8 Å². The van der Waals surface area contributed by atoms with Crippen LogP contribution in [0.25, 0.3) is 6.08 Å². The lowest BCUT2D eigenvalue weighted by atomic mass is 10.1. The highest BCUT2D eigenvalue weighted by Crippen LogP contribution is 2.24. The van der Waals surface area contributed by atoms with Gasteiger partial charge in [0.25, 0.3) is 6.29 Å². The maximum Gasteiger partial charge on any atom is 0.266 e. The molecule has 0 bridgehead atoms. The van der Waals surface area contributed by atoms with Crippen LogP contribution in [0.2, 0.25) is 0 Å². The largest absolute Gasteiger partial charge is 0.455 e. The molecular weight excluding hydrogens is 291 g/mol. The first-order chi connectivity index (χ1) is 6.90. The summed E-state index contributed by atoms with van der Waals surface area (Å²) < 4.78 is 12.5. The Balaban J connectivity index is 2.21. The second-order valence-electron chi connectivity index (χ2n) is 2.84. The Kier molecular flexibility index (Phi) is 3.08. The van der Waals surface area contributed by atoms with Gasteiger partial charge in [0.2, 0.25) is 0 Å². The summed E-state index contributed by atoms with van der Waals surface area (Å²) in [5.41, 5.74) is 2.18. The van der Waals surface area contributed by atoms with E-state index in [1.54, 1.807) is 12.5 Å². The van der Waals surface area contributed by atoms with Crippen molar-refractivity contribution in [2.45, 2.75) is 6.29 Å². The number of ether oxygens (including phenoxy) is 2. The Bertz CT molecular complexity index is 363. The van der Waals surface area contributed by atoms with Gasteiger partial charge < -0.3 is 9.47 Å². The van der Waals surface area contributed by atoms with Crippen LogP contribution >= 0.6 is 22.6 Å². The van der Waals surface area contributed by atoms with E-state index in [2.05, 4.69) is 22.6 Å². The zero-order valence-corrected chi connectivity index (χ0v) is 9.55. The second-order valence-corrected chi connectivity index (χ2v) is 3.56. The topological polar surface area (TPSA) is 18.5 Å². The van der Waals surface area contributed by atoms with E-state index in [1.807, 2.05) is 34.4 Å². The zero-order valence-electron chi connectivity index (χ0n) is 7.39. The molecule has 0 atom stereocenters. The van der Waals surface area contributed by atoms with Gasteiger partial charge in [-0.1, -0.05) is 40.8 Å². The van der Waals surface area contributed by atoms with Crippen molar-refractivity contribution in [2.75, 3.05) is 0 Å². The monoisotopic (exact) mass is 300 g/mol. The number of benzene rings is 1. The van der Waals surface area contributed by atoms with Gasteiger partial charge >= 0.3 is 0 Å². The van der Waals surface area contributed by atoms with Crippen LogP contribution < -0.4 is 0 Å². The molecule has 1 heterocycles. The van der Waals surface area contributed by atoms with Crippen molar-refractivity contribution in [2.24, 2.45) is 0 Å². The maximum absolute atomic E-state index is 5.24. The number of halogens is 1. The van der Waals surface area contributed by atoms with Crippen LogP contribution in [0.1, 0.15) is 17.4 Å². The Morgan fingerprint density at radius 1 is 1.21 bits per heavy atom. The molecule has 2 nitrogen and oxygen atoms in total. The van der Waals surface area contributed by atoms with E-state index in [0.717, 1.165) is 11.1 Å². The van der Waals surface area contributed by atoms with Gasteiger partial charge in [0.05, 0.1) is 0 Å². The molecule has 0 aliphatic carbocycles. The molecule has 0 amide bonds. The molecule has 0 unspecified atom stereocenters. The second kappa shape index (κ2) is 4.50. The predicted molar refractivity (Wildman–Crippen MR) is 63.5 cm³/mol. The summed E-state index contributed by atoms with van der Waals surface area (Å²) in [7, 11) is 0. The third-order valence-electron chi connectivity index (χ3n) is 1.90. The Morgan fingerprint density at radius 3 is 2.71 bits per heavy atom. The highest BCUT2D eigenvalue weighted by Gasteiger charge is 2.14. The molecule has 0 saturated heterocycles. The molecule has 0 fully saturated rings. The van der Waals surface area contributed by atoms with Gasteiger partial charge in [0.1, 0.15) is 12.5 Å². The van der Waals surface area contributed by atoms with Gasteiger partial charge in [-0.3, -0.25) is 0 Å². The van der Waals surface area contributed by atoms with Crippen LogP contribution in [-0.4, -0.2) is 0 Å². The fraction of sp³-hybridized carbons (Fsp3) is 0.0909. The normalized spacial score (nSPS) is 15.8. The summed E-state index contributed by atoms with van der Waals surface area (Å²) in [5, 5.41) is 0. The molecule has 3 heteroatoms. The van der Waals surface area contributed by atoms with Crippen LogP contribution in [0.15, 0.2) is 40.9 Å². The molecule has 0 N–H and O–H groups in total. The zero-order chi connectivity index (χ0) is 9.80. The van der Waals surface area contributed by atoms with Crippen LogP contribution in [0.3, 0.4) is 0 Å².